The predicted octanol–water partition coefficient (Wildman–Crippen LogP) is 2.28. The molecule has 0 saturated carbocycles. The van der Waals surface area contributed by atoms with E-state index in [4.69, 9.17) is 5.11 Å². The topological polar surface area (TPSA) is 86.7 Å². The molecule has 1 fully saturated rings. The highest BCUT2D eigenvalue weighted by atomic mass is 19.4. The molecule has 1 saturated heterocycles. The minimum Gasteiger partial charge on any atom is -0.481 e. The van der Waals surface area contributed by atoms with Crippen molar-refractivity contribution >= 4 is 23.5 Å². The number of carboxylic acid groups (broad SMARTS) is 1. The molecule has 0 radical (unpaired) electrons. The quantitative estimate of drug-likeness (QED) is 0.845. The van der Waals surface area contributed by atoms with Crippen molar-refractivity contribution in [2.75, 3.05) is 18.0 Å². The molecule has 1 aliphatic heterocycles. The first kappa shape index (κ1) is 18.8. The number of hydrogen-bond donors (Lipinski definition) is 2. The van der Waals surface area contributed by atoms with E-state index in [0.29, 0.717) is 12.5 Å². The number of halogens is 3. The van der Waals surface area contributed by atoms with E-state index in [1.807, 2.05) is 0 Å². The predicted molar refractivity (Wildman–Crippen MR) is 82.2 cm³/mol. The van der Waals surface area contributed by atoms with Crippen molar-refractivity contribution in [3.8, 4) is 0 Å². The van der Waals surface area contributed by atoms with E-state index in [1.165, 1.54) is 17.9 Å². The Morgan fingerprint density at radius 2 is 2.00 bits per heavy atom. The summed E-state index contributed by atoms with van der Waals surface area (Å²) in [5.41, 5.74) is -1.31. The molecular weight excluding hydrogens is 341 g/mol. The van der Waals surface area contributed by atoms with Crippen LogP contribution < -0.4 is 10.2 Å². The summed E-state index contributed by atoms with van der Waals surface area (Å²) in [6, 6.07) is 2.73. The van der Waals surface area contributed by atoms with E-state index in [-0.39, 0.29) is 36.7 Å². The normalized spacial score (nSPS) is 16.0. The fourth-order valence-electron chi connectivity index (χ4n) is 2.42. The van der Waals surface area contributed by atoms with Gasteiger partial charge in [-0.25, -0.2) is 0 Å². The van der Waals surface area contributed by atoms with Gasteiger partial charge in [0.1, 0.15) is 0 Å². The van der Waals surface area contributed by atoms with Crippen LogP contribution in [0.5, 0.6) is 0 Å². The summed E-state index contributed by atoms with van der Waals surface area (Å²) in [7, 11) is 0. The Bertz CT molecular complexity index is 703. The lowest BCUT2D eigenvalue weighted by molar-refractivity contribution is -0.141. The maximum atomic E-state index is 13.1. The van der Waals surface area contributed by atoms with Gasteiger partial charge in [0.05, 0.1) is 11.5 Å². The minimum absolute atomic E-state index is 0.00811. The second kappa shape index (κ2) is 7.12. The molecule has 0 spiro atoms. The maximum absolute atomic E-state index is 13.1. The Morgan fingerprint density at radius 1 is 1.32 bits per heavy atom. The number of carbonyl (C=O) groups excluding carboxylic acids is 2. The summed E-state index contributed by atoms with van der Waals surface area (Å²) < 4.78 is 39.3. The fraction of sp³-hybridized carbons (Fsp3) is 0.438. The third-order valence-electron chi connectivity index (χ3n) is 3.88. The molecule has 1 aliphatic rings. The number of nitrogens with one attached hydrogen (secondary N) is 1. The number of alkyl halides is 3. The Morgan fingerprint density at radius 3 is 2.52 bits per heavy atom. The lowest BCUT2D eigenvalue weighted by Crippen LogP contribution is -2.32. The van der Waals surface area contributed by atoms with E-state index < -0.39 is 29.5 Å². The van der Waals surface area contributed by atoms with E-state index in [0.717, 1.165) is 6.07 Å². The van der Waals surface area contributed by atoms with Gasteiger partial charge in [0, 0.05) is 30.8 Å². The van der Waals surface area contributed by atoms with E-state index in [2.05, 4.69) is 5.32 Å². The van der Waals surface area contributed by atoms with Crippen molar-refractivity contribution in [2.45, 2.75) is 25.9 Å². The number of amides is 2. The van der Waals surface area contributed by atoms with Gasteiger partial charge in [0.25, 0.3) is 5.91 Å². The zero-order valence-electron chi connectivity index (χ0n) is 13.4. The SMILES string of the molecule is CC(CNC(=O)c1cc(N2CCCC2=O)cc(C(F)(F)F)c1)C(=O)O. The van der Waals surface area contributed by atoms with Gasteiger partial charge < -0.3 is 15.3 Å². The van der Waals surface area contributed by atoms with Crippen LogP contribution in [0.25, 0.3) is 0 Å². The number of hydrogen-bond acceptors (Lipinski definition) is 3. The highest BCUT2D eigenvalue weighted by Crippen LogP contribution is 2.34. The molecule has 1 aromatic carbocycles. The third-order valence-corrected chi connectivity index (χ3v) is 3.88. The van der Waals surface area contributed by atoms with Gasteiger partial charge in [0.2, 0.25) is 5.91 Å². The van der Waals surface area contributed by atoms with Crippen LogP contribution in [0.3, 0.4) is 0 Å². The van der Waals surface area contributed by atoms with E-state index in [9.17, 15) is 27.6 Å². The van der Waals surface area contributed by atoms with Crippen LogP contribution in [-0.2, 0) is 15.8 Å². The molecule has 9 heteroatoms. The van der Waals surface area contributed by atoms with Crippen LogP contribution in [0.15, 0.2) is 18.2 Å². The van der Waals surface area contributed by atoms with Crippen molar-refractivity contribution in [1.82, 2.24) is 5.32 Å². The maximum Gasteiger partial charge on any atom is 0.416 e. The van der Waals surface area contributed by atoms with Crippen molar-refractivity contribution in [2.24, 2.45) is 5.92 Å². The highest BCUT2D eigenvalue weighted by molar-refractivity contribution is 5.99. The summed E-state index contributed by atoms with van der Waals surface area (Å²) >= 11 is 0. The fourth-order valence-corrected chi connectivity index (χ4v) is 2.42. The van der Waals surface area contributed by atoms with Gasteiger partial charge in [0.15, 0.2) is 0 Å². The van der Waals surface area contributed by atoms with Crippen LogP contribution >= 0.6 is 0 Å². The number of carboxylic acids is 1. The molecule has 1 aromatic rings. The Labute approximate surface area is 141 Å². The van der Waals surface area contributed by atoms with Gasteiger partial charge in [-0.15, -0.1) is 0 Å². The average molecular weight is 358 g/mol. The number of benzene rings is 1. The molecule has 1 heterocycles. The summed E-state index contributed by atoms with van der Waals surface area (Å²) in [5.74, 6) is -3.14. The molecule has 0 aliphatic carbocycles. The van der Waals surface area contributed by atoms with Gasteiger partial charge >= 0.3 is 12.1 Å². The number of carbonyl (C=O) groups is 3. The molecule has 25 heavy (non-hydrogen) atoms. The van der Waals surface area contributed by atoms with Crippen molar-refractivity contribution in [3.63, 3.8) is 0 Å². The van der Waals surface area contributed by atoms with Gasteiger partial charge in [-0.05, 0) is 24.6 Å². The number of nitrogens with zero attached hydrogens (tertiary/aromatic N) is 1. The molecule has 136 valence electrons. The molecule has 2 amide bonds. The second-order valence-electron chi connectivity index (χ2n) is 5.86. The minimum atomic E-state index is -4.68. The summed E-state index contributed by atoms with van der Waals surface area (Å²) in [5, 5.41) is 11.1. The van der Waals surface area contributed by atoms with E-state index >= 15 is 0 Å². The Balaban J connectivity index is 2.31. The first-order valence-corrected chi connectivity index (χ1v) is 7.63. The van der Waals surface area contributed by atoms with E-state index in [1.54, 1.807) is 0 Å². The monoisotopic (exact) mass is 358 g/mol. The number of anilines is 1. The molecule has 1 unspecified atom stereocenters. The van der Waals surface area contributed by atoms with Gasteiger partial charge in [-0.2, -0.15) is 13.2 Å². The largest absolute Gasteiger partial charge is 0.481 e. The van der Waals surface area contributed by atoms with Crippen LogP contribution in [0.2, 0.25) is 0 Å². The van der Waals surface area contributed by atoms with Crippen molar-refractivity contribution < 1.29 is 32.7 Å². The van der Waals surface area contributed by atoms with Crippen LogP contribution in [0.4, 0.5) is 18.9 Å². The zero-order chi connectivity index (χ0) is 18.8. The molecule has 0 bridgehead atoms. The average Bonchev–Trinajstić information content (AvgIpc) is 2.96. The van der Waals surface area contributed by atoms with Gasteiger partial charge in [-0.1, -0.05) is 6.92 Å². The smallest absolute Gasteiger partial charge is 0.416 e. The Kier molecular flexibility index (Phi) is 5.34. The molecule has 0 aromatic heterocycles. The first-order chi connectivity index (χ1) is 11.6. The highest BCUT2D eigenvalue weighted by Gasteiger charge is 2.33. The molecule has 2 N–H and O–H groups in total. The molecular formula is C16H17F3N2O4. The van der Waals surface area contributed by atoms with Crippen molar-refractivity contribution in [3.05, 3.63) is 29.3 Å². The van der Waals surface area contributed by atoms with Crippen LogP contribution in [-0.4, -0.2) is 36.0 Å². The summed E-state index contributed by atoms with van der Waals surface area (Å²) in [6.07, 6.45) is -3.90. The number of rotatable bonds is 5. The third kappa shape index (κ3) is 4.49. The van der Waals surface area contributed by atoms with Crippen LogP contribution in [0, 0.1) is 5.92 Å². The summed E-state index contributed by atoms with van der Waals surface area (Å²) in [6.45, 7) is 1.43. The zero-order valence-corrected chi connectivity index (χ0v) is 13.4. The number of aliphatic carboxylic acids is 1. The first-order valence-electron chi connectivity index (χ1n) is 7.63. The Hall–Kier alpha value is -2.58. The second-order valence-corrected chi connectivity index (χ2v) is 5.86. The van der Waals surface area contributed by atoms with Gasteiger partial charge in [-0.3, -0.25) is 14.4 Å². The molecule has 2 rings (SSSR count). The lowest BCUT2D eigenvalue weighted by atomic mass is 10.1. The lowest BCUT2D eigenvalue weighted by Gasteiger charge is -2.19. The van der Waals surface area contributed by atoms with Crippen molar-refractivity contribution in [1.29, 1.82) is 0 Å². The molecule has 1 atom stereocenters. The summed E-state index contributed by atoms with van der Waals surface area (Å²) in [4.78, 5) is 35.9. The van der Waals surface area contributed by atoms with Crippen LogP contribution in [0.1, 0.15) is 35.7 Å². The molecule has 6 nitrogen and oxygen atoms in total. The standard InChI is InChI=1S/C16H17F3N2O4/c1-9(15(24)25)8-20-14(23)10-5-11(16(17,18)19)7-12(6-10)21-4-2-3-13(21)22/h5-7,9H,2-4,8H2,1H3,(H,20,23)(H,24,25).